The van der Waals surface area contributed by atoms with E-state index >= 15 is 0 Å². The highest BCUT2D eigenvalue weighted by molar-refractivity contribution is 7.89. The molecule has 1 aliphatic rings. The van der Waals surface area contributed by atoms with Gasteiger partial charge in [0.2, 0.25) is 15.9 Å². The van der Waals surface area contributed by atoms with E-state index in [-0.39, 0.29) is 41.6 Å². The maximum Gasteiger partial charge on any atom is 0.254 e. The molecule has 1 aromatic rings. The molecule has 8 nitrogen and oxygen atoms in total. The van der Waals surface area contributed by atoms with E-state index in [0.29, 0.717) is 18.7 Å². The highest BCUT2D eigenvalue weighted by atomic mass is 32.2. The Bertz CT molecular complexity index is 877. The minimum absolute atomic E-state index is 0.00764. The molecular weight excluding hydrogens is 404 g/mol. The topological polar surface area (TPSA) is 119 Å². The molecular formula is C21H30N4O4S. The Morgan fingerprint density at radius 1 is 1.20 bits per heavy atom. The summed E-state index contributed by atoms with van der Waals surface area (Å²) in [4.78, 5) is 27.1. The molecule has 0 bridgehead atoms. The number of piperidine rings is 1. The first-order valence-corrected chi connectivity index (χ1v) is 11.8. The summed E-state index contributed by atoms with van der Waals surface area (Å²) in [5, 5.41) is 11.5. The molecule has 1 saturated heterocycles. The van der Waals surface area contributed by atoms with Gasteiger partial charge in [-0.1, -0.05) is 13.3 Å². The minimum atomic E-state index is -3.72. The summed E-state index contributed by atoms with van der Waals surface area (Å²) in [6, 6.07) is 7.61. The molecule has 1 aliphatic heterocycles. The number of likely N-dealkylation sites (tertiary alicyclic amines) is 1. The number of carbonyl (C=O) groups is 2. The van der Waals surface area contributed by atoms with Gasteiger partial charge in [0.25, 0.3) is 5.91 Å². The largest absolute Gasteiger partial charge is 0.356 e. The first kappa shape index (κ1) is 23.8. The number of nitrogens with zero attached hydrogens (tertiary/aromatic N) is 2. The quantitative estimate of drug-likeness (QED) is 0.577. The number of hydrogen-bond donors (Lipinski definition) is 2. The lowest BCUT2D eigenvalue weighted by Crippen LogP contribution is -2.49. The van der Waals surface area contributed by atoms with E-state index < -0.39 is 10.0 Å². The third-order valence-electron chi connectivity index (χ3n) is 5.28. The molecule has 2 unspecified atom stereocenters. The Hall–Kier alpha value is -2.44. The molecule has 9 heteroatoms. The molecule has 1 fully saturated rings. The normalized spacial score (nSPS) is 19.2. The number of rotatable bonds is 9. The zero-order chi connectivity index (χ0) is 22.1. The monoisotopic (exact) mass is 434 g/mol. The first-order chi connectivity index (χ1) is 14.3. The minimum Gasteiger partial charge on any atom is -0.356 e. The maximum atomic E-state index is 13.0. The number of sulfonamides is 1. The first-order valence-electron chi connectivity index (χ1n) is 10.4. The summed E-state index contributed by atoms with van der Waals surface area (Å²) in [7, 11) is -3.72. The van der Waals surface area contributed by atoms with Crippen molar-refractivity contribution in [2.45, 2.75) is 56.9 Å². The van der Waals surface area contributed by atoms with Crippen molar-refractivity contribution in [1.82, 2.24) is 14.9 Å². The van der Waals surface area contributed by atoms with Crippen LogP contribution >= 0.6 is 0 Å². The summed E-state index contributed by atoms with van der Waals surface area (Å²) in [5.74, 6) is -0.459. The summed E-state index contributed by atoms with van der Waals surface area (Å²) in [5.41, 5.74) is 0.380. The van der Waals surface area contributed by atoms with Gasteiger partial charge in [0.05, 0.1) is 16.9 Å². The Balaban J connectivity index is 2.05. The highest BCUT2D eigenvalue weighted by Crippen LogP contribution is 2.24. The molecule has 2 amide bonds. The number of carbonyl (C=O) groups excluding carboxylic acids is 2. The van der Waals surface area contributed by atoms with Gasteiger partial charge in [-0.05, 0) is 50.5 Å². The standard InChI is InChI=1S/C21H30N4O4S/c1-3-4-13-23-20(26)18-7-6-16(2)25(15-18)21(27)17-8-10-19(11-9-17)30(28,29)24-14-5-12-22/h8-11,16,18,24H,3-7,13-15H2,1-2H3,(H,23,26). The molecule has 164 valence electrons. The fourth-order valence-corrected chi connectivity index (χ4v) is 4.44. The number of hydrogen-bond acceptors (Lipinski definition) is 5. The fraction of sp³-hybridized carbons (Fsp3) is 0.571. The highest BCUT2D eigenvalue weighted by Gasteiger charge is 2.33. The van der Waals surface area contributed by atoms with Gasteiger partial charge in [0.15, 0.2) is 0 Å². The number of amides is 2. The Morgan fingerprint density at radius 3 is 2.53 bits per heavy atom. The third kappa shape index (κ3) is 6.28. The second kappa shape index (κ2) is 11.1. The van der Waals surface area contributed by atoms with E-state index in [0.717, 1.165) is 25.7 Å². The smallest absolute Gasteiger partial charge is 0.254 e. The van der Waals surface area contributed by atoms with E-state index in [1.165, 1.54) is 24.3 Å². The average molecular weight is 435 g/mol. The van der Waals surface area contributed by atoms with Gasteiger partial charge < -0.3 is 10.2 Å². The molecule has 2 rings (SSSR count). The number of unbranched alkanes of at least 4 members (excludes halogenated alkanes) is 1. The van der Waals surface area contributed by atoms with Crippen LogP contribution in [0.1, 0.15) is 56.3 Å². The zero-order valence-corrected chi connectivity index (χ0v) is 18.4. The SMILES string of the molecule is CCCCNC(=O)C1CCC(C)N(C(=O)c2ccc(S(=O)(=O)NCCC#N)cc2)C1. The van der Waals surface area contributed by atoms with Crippen molar-refractivity contribution < 1.29 is 18.0 Å². The van der Waals surface area contributed by atoms with E-state index in [2.05, 4.69) is 17.0 Å². The van der Waals surface area contributed by atoms with Gasteiger partial charge in [-0.2, -0.15) is 5.26 Å². The van der Waals surface area contributed by atoms with E-state index in [4.69, 9.17) is 5.26 Å². The second-order valence-electron chi connectivity index (χ2n) is 7.56. The van der Waals surface area contributed by atoms with Crippen molar-refractivity contribution in [3.05, 3.63) is 29.8 Å². The van der Waals surface area contributed by atoms with Crippen molar-refractivity contribution in [2.24, 2.45) is 5.92 Å². The molecule has 0 aliphatic carbocycles. The summed E-state index contributed by atoms with van der Waals surface area (Å²) < 4.78 is 26.8. The Kier molecular flexibility index (Phi) is 8.81. The Labute approximate surface area is 178 Å². The molecule has 1 aromatic carbocycles. The molecule has 0 radical (unpaired) electrons. The van der Waals surface area contributed by atoms with Crippen molar-refractivity contribution in [3.63, 3.8) is 0 Å². The van der Waals surface area contributed by atoms with Gasteiger partial charge in [-0.15, -0.1) is 0 Å². The predicted molar refractivity (Wildman–Crippen MR) is 113 cm³/mol. The van der Waals surface area contributed by atoms with Crippen molar-refractivity contribution in [1.29, 1.82) is 5.26 Å². The summed E-state index contributed by atoms with van der Waals surface area (Å²) >= 11 is 0. The lowest BCUT2D eigenvalue weighted by Gasteiger charge is -2.37. The van der Waals surface area contributed by atoms with E-state index in [1.807, 2.05) is 13.0 Å². The fourth-order valence-electron chi connectivity index (χ4n) is 3.40. The number of nitriles is 1. The van der Waals surface area contributed by atoms with Gasteiger partial charge in [0, 0.05) is 37.7 Å². The van der Waals surface area contributed by atoms with Gasteiger partial charge in [0.1, 0.15) is 0 Å². The van der Waals surface area contributed by atoms with Crippen molar-refractivity contribution in [3.8, 4) is 6.07 Å². The second-order valence-corrected chi connectivity index (χ2v) is 9.32. The van der Waals surface area contributed by atoms with Crippen LogP contribution < -0.4 is 10.0 Å². The van der Waals surface area contributed by atoms with Crippen molar-refractivity contribution >= 4 is 21.8 Å². The van der Waals surface area contributed by atoms with Crippen LogP contribution in [-0.2, 0) is 14.8 Å². The molecule has 0 spiro atoms. The third-order valence-corrected chi connectivity index (χ3v) is 6.76. The van der Waals surface area contributed by atoms with Gasteiger partial charge in [-0.25, -0.2) is 13.1 Å². The van der Waals surface area contributed by atoms with E-state index in [9.17, 15) is 18.0 Å². The maximum absolute atomic E-state index is 13.0. The number of benzene rings is 1. The lowest BCUT2D eigenvalue weighted by atomic mass is 9.92. The molecule has 2 N–H and O–H groups in total. The zero-order valence-electron chi connectivity index (χ0n) is 17.6. The van der Waals surface area contributed by atoms with Gasteiger partial charge in [-0.3, -0.25) is 9.59 Å². The van der Waals surface area contributed by atoms with Crippen LogP contribution in [0, 0.1) is 17.2 Å². The predicted octanol–water partition coefficient (Wildman–Crippen LogP) is 2.04. The van der Waals surface area contributed by atoms with Crippen LogP contribution in [0.4, 0.5) is 0 Å². The van der Waals surface area contributed by atoms with Crippen LogP contribution in [0.25, 0.3) is 0 Å². The van der Waals surface area contributed by atoms with E-state index in [1.54, 1.807) is 4.90 Å². The van der Waals surface area contributed by atoms with Gasteiger partial charge >= 0.3 is 0 Å². The average Bonchev–Trinajstić information content (AvgIpc) is 2.74. The van der Waals surface area contributed by atoms with Crippen LogP contribution in [0.15, 0.2) is 29.2 Å². The number of nitrogens with one attached hydrogen (secondary N) is 2. The summed E-state index contributed by atoms with van der Waals surface area (Å²) in [6.45, 7) is 5.06. The molecule has 0 aromatic heterocycles. The summed E-state index contributed by atoms with van der Waals surface area (Å²) in [6.07, 6.45) is 3.50. The lowest BCUT2D eigenvalue weighted by molar-refractivity contribution is -0.126. The molecule has 1 heterocycles. The molecule has 30 heavy (non-hydrogen) atoms. The molecule has 0 saturated carbocycles. The van der Waals surface area contributed by atoms with Crippen LogP contribution in [0.2, 0.25) is 0 Å². The molecule has 2 atom stereocenters. The Morgan fingerprint density at radius 2 is 1.90 bits per heavy atom. The van der Waals surface area contributed by atoms with Crippen LogP contribution in [-0.4, -0.2) is 50.8 Å². The van der Waals surface area contributed by atoms with Crippen LogP contribution in [0.3, 0.4) is 0 Å². The van der Waals surface area contributed by atoms with Crippen molar-refractivity contribution in [2.75, 3.05) is 19.6 Å². The van der Waals surface area contributed by atoms with Crippen LogP contribution in [0.5, 0.6) is 0 Å².